The Morgan fingerprint density at radius 1 is 1.30 bits per heavy atom. The van der Waals surface area contributed by atoms with Crippen molar-refractivity contribution in [1.82, 2.24) is 5.32 Å². The first-order chi connectivity index (χ1) is 9.58. The van der Waals surface area contributed by atoms with Gasteiger partial charge in [-0.25, -0.2) is 4.39 Å². The van der Waals surface area contributed by atoms with Crippen molar-refractivity contribution < 1.29 is 9.18 Å². The second kappa shape index (κ2) is 7.04. The van der Waals surface area contributed by atoms with Crippen LogP contribution < -0.4 is 11.1 Å². The van der Waals surface area contributed by atoms with Crippen LogP contribution in [0.2, 0.25) is 5.02 Å². The van der Waals surface area contributed by atoms with E-state index in [2.05, 4.69) is 5.32 Å². The Labute approximate surface area is 123 Å². The minimum atomic E-state index is -0.822. The number of carbonyl (C=O) groups is 1. The molecule has 0 spiro atoms. The predicted molar refractivity (Wildman–Crippen MR) is 78.0 cm³/mol. The Hall–Kier alpha value is -1.13. The van der Waals surface area contributed by atoms with Gasteiger partial charge < -0.3 is 5.73 Å². The summed E-state index contributed by atoms with van der Waals surface area (Å²) in [5.41, 5.74) is 5.66. The van der Waals surface area contributed by atoms with Crippen LogP contribution in [0.15, 0.2) is 18.2 Å². The molecule has 0 bridgehead atoms. The van der Waals surface area contributed by atoms with Gasteiger partial charge in [-0.3, -0.25) is 10.1 Å². The number of hydrogen-bond acceptors (Lipinski definition) is 2. The zero-order valence-electron chi connectivity index (χ0n) is 11.4. The second-order valence-corrected chi connectivity index (χ2v) is 5.79. The summed E-state index contributed by atoms with van der Waals surface area (Å²) in [6.45, 7) is 0. The van der Waals surface area contributed by atoms with Crippen molar-refractivity contribution in [3.63, 3.8) is 0 Å². The van der Waals surface area contributed by atoms with Crippen molar-refractivity contribution >= 4 is 17.5 Å². The summed E-state index contributed by atoms with van der Waals surface area (Å²) in [4.78, 5) is 11.7. The van der Waals surface area contributed by atoms with Gasteiger partial charge in [0.05, 0.1) is 0 Å². The van der Waals surface area contributed by atoms with E-state index in [-0.39, 0.29) is 11.6 Å². The fraction of sp³-hybridized carbons (Fsp3) is 0.533. The molecule has 1 amide bonds. The molecular formula is C15H20ClFN2O. The lowest BCUT2D eigenvalue weighted by Crippen LogP contribution is -2.40. The minimum Gasteiger partial charge on any atom is -0.368 e. The average Bonchev–Trinajstić information content (AvgIpc) is 2.67. The van der Waals surface area contributed by atoms with Gasteiger partial charge in [-0.2, -0.15) is 0 Å². The van der Waals surface area contributed by atoms with Crippen LogP contribution in [0.5, 0.6) is 0 Å². The molecule has 0 aliphatic heterocycles. The van der Waals surface area contributed by atoms with Gasteiger partial charge in [-0.1, -0.05) is 37.3 Å². The molecule has 20 heavy (non-hydrogen) atoms. The maximum atomic E-state index is 13.9. The summed E-state index contributed by atoms with van der Waals surface area (Å²) < 4.78 is 13.9. The first kappa shape index (κ1) is 15.3. The maximum Gasteiger partial charge on any atom is 0.239 e. The number of hydrogen-bond donors (Lipinski definition) is 2. The van der Waals surface area contributed by atoms with Gasteiger partial charge in [0.1, 0.15) is 11.9 Å². The largest absolute Gasteiger partial charge is 0.368 e. The van der Waals surface area contributed by atoms with E-state index < -0.39 is 17.8 Å². The van der Waals surface area contributed by atoms with E-state index in [0.29, 0.717) is 5.02 Å². The number of amides is 1. The predicted octanol–water partition coefficient (Wildman–Crippen LogP) is 3.32. The molecule has 0 saturated heterocycles. The van der Waals surface area contributed by atoms with Crippen LogP contribution >= 0.6 is 11.6 Å². The quantitative estimate of drug-likeness (QED) is 0.838. The summed E-state index contributed by atoms with van der Waals surface area (Å²) in [7, 11) is 0. The molecule has 1 aliphatic rings. The van der Waals surface area contributed by atoms with Crippen molar-refractivity contribution in [2.45, 2.75) is 50.6 Å². The third-order valence-corrected chi connectivity index (χ3v) is 4.05. The molecule has 1 atom stereocenters. The highest BCUT2D eigenvalue weighted by molar-refractivity contribution is 6.30. The van der Waals surface area contributed by atoms with Crippen LogP contribution in [0.4, 0.5) is 4.39 Å². The molecule has 1 aromatic rings. The lowest BCUT2D eigenvalue weighted by Gasteiger charge is -2.23. The van der Waals surface area contributed by atoms with Crippen LogP contribution in [0.25, 0.3) is 0 Å². The monoisotopic (exact) mass is 298 g/mol. The maximum absolute atomic E-state index is 13.9. The van der Waals surface area contributed by atoms with Gasteiger partial charge in [-0.15, -0.1) is 0 Å². The van der Waals surface area contributed by atoms with Gasteiger partial charge in [0.2, 0.25) is 5.91 Å². The summed E-state index contributed by atoms with van der Waals surface area (Å²) in [5.74, 6) is -1.03. The van der Waals surface area contributed by atoms with E-state index in [0.717, 1.165) is 25.7 Å². The molecule has 0 heterocycles. The van der Waals surface area contributed by atoms with E-state index in [1.54, 1.807) is 0 Å². The summed E-state index contributed by atoms with van der Waals surface area (Å²) >= 11 is 5.89. The highest BCUT2D eigenvalue weighted by Crippen LogP contribution is 2.24. The normalized spacial score (nSPS) is 18.5. The van der Waals surface area contributed by atoms with E-state index >= 15 is 0 Å². The first-order valence-corrected chi connectivity index (χ1v) is 7.46. The Balaban J connectivity index is 2.17. The standard InChI is InChI=1S/C15H20ClFN2O/c16-10-7-8-13(17)12(9-10)14(15(18)20)19-11-5-3-1-2-4-6-11/h7-9,11,14,19H,1-6H2,(H2,18,20). The number of halogens is 2. The second-order valence-electron chi connectivity index (χ2n) is 5.36. The lowest BCUT2D eigenvalue weighted by molar-refractivity contribution is -0.120. The molecule has 0 radical (unpaired) electrons. The van der Waals surface area contributed by atoms with E-state index in [4.69, 9.17) is 17.3 Å². The lowest BCUT2D eigenvalue weighted by atomic mass is 10.0. The number of rotatable bonds is 4. The van der Waals surface area contributed by atoms with Gasteiger partial charge in [0, 0.05) is 16.6 Å². The molecule has 2 rings (SSSR count). The smallest absolute Gasteiger partial charge is 0.239 e. The highest BCUT2D eigenvalue weighted by atomic mass is 35.5. The van der Waals surface area contributed by atoms with Crippen LogP contribution in [0, 0.1) is 5.82 Å². The van der Waals surface area contributed by atoms with Crippen molar-refractivity contribution in [3.8, 4) is 0 Å². The van der Waals surface area contributed by atoms with Crippen LogP contribution in [-0.2, 0) is 4.79 Å². The third kappa shape index (κ3) is 3.93. The number of primary amides is 1. The molecule has 1 saturated carbocycles. The molecule has 3 nitrogen and oxygen atoms in total. The average molecular weight is 299 g/mol. The van der Waals surface area contributed by atoms with Crippen molar-refractivity contribution in [3.05, 3.63) is 34.6 Å². The van der Waals surface area contributed by atoms with Gasteiger partial charge in [0.15, 0.2) is 0 Å². The zero-order valence-corrected chi connectivity index (χ0v) is 12.1. The fourth-order valence-electron chi connectivity index (χ4n) is 2.74. The molecule has 110 valence electrons. The number of nitrogens with one attached hydrogen (secondary N) is 1. The molecule has 1 unspecified atom stereocenters. The van der Waals surface area contributed by atoms with Crippen molar-refractivity contribution in [2.75, 3.05) is 0 Å². The van der Waals surface area contributed by atoms with Gasteiger partial charge >= 0.3 is 0 Å². The summed E-state index contributed by atoms with van der Waals surface area (Å²) in [5, 5.41) is 3.60. The molecule has 1 fully saturated rings. The molecular weight excluding hydrogens is 279 g/mol. The SMILES string of the molecule is NC(=O)C(NC1CCCCCC1)c1cc(Cl)ccc1F. The Bertz CT molecular complexity index is 473. The fourth-order valence-corrected chi connectivity index (χ4v) is 2.92. The van der Waals surface area contributed by atoms with Crippen molar-refractivity contribution in [1.29, 1.82) is 0 Å². The van der Waals surface area contributed by atoms with E-state index in [1.807, 2.05) is 0 Å². The zero-order chi connectivity index (χ0) is 14.5. The van der Waals surface area contributed by atoms with E-state index in [1.165, 1.54) is 31.0 Å². The Kier molecular flexibility index (Phi) is 5.38. The molecule has 1 aromatic carbocycles. The number of benzene rings is 1. The first-order valence-electron chi connectivity index (χ1n) is 7.08. The van der Waals surface area contributed by atoms with Gasteiger partial charge in [-0.05, 0) is 31.0 Å². The van der Waals surface area contributed by atoms with Crippen molar-refractivity contribution in [2.24, 2.45) is 5.73 Å². The highest BCUT2D eigenvalue weighted by Gasteiger charge is 2.25. The molecule has 3 N–H and O–H groups in total. The molecule has 0 aromatic heterocycles. The topological polar surface area (TPSA) is 55.1 Å². The van der Waals surface area contributed by atoms with Gasteiger partial charge in [0.25, 0.3) is 0 Å². The number of nitrogens with two attached hydrogens (primary N) is 1. The van der Waals surface area contributed by atoms with Crippen LogP contribution in [-0.4, -0.2) is 11.9 Å². The number of carbonyl (C=O) groups excluding carboxylic acids is 1. The summed E-state index contributed by atoms with van der Waals surface area (Å²) in [6.07, 6.45) is 6.66. The Morgan fingerprint density at radius 3 is 2.55 bits per heavy atom. The van der Waals surface area contributed by atoms with E-state index in [9.17, 15) is 9.18 Å². The van der Waals surface area contributed by atoms with Crippen LogP contribution in [0.3, 0.4) is 0 Å². The molecule has 5 heteroatoms. The minimum absolute atomic E-state index is 0.202. The molecule has 1 aliphatic carbocycles. The Morgan fingerprint density at radius 2 is 1.95 bits per heavy atom. The summed E-state index contributed by atoms with van der Waals surface area (Å²) in [6, 6.07) is 3.58. The third-order valence-electron chi connectivity index (χ3n) is 3.81. The van der Waals surface area contributed by atoms with Crippen LogP contribution in [0.1, 0.15) is 50.1 Å².